The van der Waals surface area contributed by atoms with Gasteiger partial charge in [0.2, 0.25) is 5.91 Å². The number of carboxylic acids is 1. The van der Waals surface area contributed by atoms with Crippen LogP contribution in [0, 0.1) is 0 Å². The van der Waals surface area contributed by atoms with Gasteiger partial charge in [-0.05, 0) is 83.6 Å². The average Bonchev–Trinajstić information content (AvgIpc) is 3.17. The highest BCUT2D eigenvalue weighted by atomic mass is 16.5. The third-order valence-electron chi connectivity index (χ3n) is 11.1. The minimum Gasteiger partial charge on any atom is -0.480 e. The van der Waals surface area contributed by atoms with E-state index in [0.717, 1.165) is 64.2 Å². The normalized spacial score (nSPS) is 12.6. The number of allylic oxidation sites excluding steroid dienone is 2. The number of esters is 1. The zero-order valence-electron chi connectivity index (χ0n) is 36.5. The highest BCUT2D eigenvalue weighted by Gasteiger charge is 2.19. The van der Waals surface area contributed by atoms with Crippen LogP contribution in [0.2, 0.25) is 0 Å². The summed E-state index contributed by atoms with van der Waals surface area (Å²) in [5, 5.41) is 12.0. The SMILES string of the molecule is CCCCCCC/C=C\CCCCCCCC(=O)OC(CCCCCCCCCCCCCCCCC)CCCCCCCC(=O)NC(CCCN)C(=O)O. The van der Waals surface area contributed by atoms with E-state index < -0.39 is 12.0 Å². The maximum absolute atomic E-state index is 12.8. The van der Waals surface area contributed by atoms with Crippen molar-refractivity contribution < 1.29 is 24.2 Å². The Kier molecular flexibility index (Phi) is 41.8. The first kappa shape index (κ1) is 53.1. The van der Waals surface area contributed by atoms with Crippen LogP contribution >= 0.6 is 0 Å². The minimum atomic E-state index is -1.00. The molecule has 324 valence electrons. The highest BCUT2D eigenvalue weighted by Crippen LogP contribution is 2.19. The first-order valence-electron chi connectivity index (χ1n) is 24.0. The molecule has 7 nitrogen and oxygen atoms in total. The molecule has 7 heteroatoms. The van der Waals surface area contributed by atoms with E-state index in [2.05, 4.69) is 31.3 Å². The Bertz CT molecular complexity index is 878. The number of carbonyl (C=O) groups is 3. The Morgan fingerprint density at radius 1 is 0.509 bits per heavy atom. The number of hydrogen-bond acceptors (Lipinski definition) is 5. The van der Waals surface area contributed by atoms with Gasteiger partial charge in [0.1, 0.15) is 12.1 Å². The minimum absolute atomic E-state index is 0.0140. The molecule has 2 unspecified atom stereocenters. The molecule has 1 amide bonds. The molecular weight excluding hydrogens is 685 g/mol. The number of nitrogens with one attached hydrogen (secondary N) is 1. The van der Waals surface area contributed by atoms with E-state index in [1.54, 1.807) is 0 Å². The lowest BCUT2D eigenvalue weighted by molar-refractivity contribution is -0.150. The summed E-state index contributed by atoms with van der Waals surface area (Å²) in [5.41, 5.74) is 5.49. The van der Waals surface area contributed by atoms with Crippen molar-refractivity contribution in [3.8, 4) is 0 Å². The summed E-state index contributed by atoms with van der Waals surface area (Å²) in [6, 6.07) is -0.854. The van der Waals surface area contributed by atoms with Gasteiger partial charge in [0, 0.05) is 12.8 Å². The number of aliphatic carboxylic acids is 1. The molecule has 0 aliphatic rings. The standard InChI is InChI=1S/C48H92N2O5/c1-3-5-7-9-11-13-15-17-19-20-22-24-26-29-33-38-44(39-34-30-28-31-35-41-46(51)50-45(48(53)54)40-37-43-49)55-47(52)42-36-32-27-25-23-21-18-16-14-12-10-8-6-4-2/h16,18,44-45H,3-15,17,19-43,49H2,1-2H3,(H,50,51)(H,53,54)/b18-16-. The highest BCUT2D eigenvalue weighted by molar-refractivity contribution is 5.83. The van der Waals surface area contributed by atoms with Crippen LogP contribution in [0.25, 0.3) is 0 Å². The van der Waals surface area contributed by atoms with Crippen molar-refractivity contribution in [2.45, 2.75) is 270 Å². The number of nitrogens with two attached hydrogens (primary N) is 1. The predicted octanol–water partition coefficient (Wildman–Crippen LogP) is 13.8. The van der Waals surface area contributed by atoms with Gasteiger partial charge in [0.25, 0.3) is 0 Å². The zero-order chi connectivity index (χ0) is 40.3. The molecule has 0 aromatic rings. The van der Waals surface area contributed by atoms with Crippen LogP contribution in [0.5, 0.6) is 0 Å². The fourth-order valence-electron chi connectivity index (χ4n) is 7.45. The van der Waals surface area contributed by atoms with E-state index in [0.29, 0.717) is 32.2 Å². The van der Waals surface area contributed by atoms with Gasteiger partial charge in [-0.2, -0.15) is 0 Å². The topological polar surface area (TPSA) is 119 Å². The molecule has 0 spiro atoms. The lowest BCUT2D eigenvalue weighted by Crippen LogP contribution is -2.40. The molecule has 4 N–H and O–H groups in total. The summed E-state index contributed by atoms with van der Waals surface area (Å²) in [6.07, 6.45) is 48.3. The molecule has 0 radical (unpaired) electrons. The first-order valence-corrected chi connectivity index (χ1v) is 24.0. The van der Waals surface area contributed by atoms with Crippen molar-refractivity contribution in [3.63, 3.8) is 0 Å². The molecule has 0 bridgehead atoms. The van der Waals surface area contributed by atoms with Gasteiger partial charge < -0.3 is 20.9 Å². The molecule has 0 rings (SSSR count). The molecule has 0 saturated carbocycles. The van der Waals surface area contributed by atoms with Crippen molar-refractivity contribution in [2.24, 2.45) is 5.73 Å². The second kappa shape index (κ2) is 43.2. The van der Waals surface area contributed by atoms with Crippen molar-refractivity contribution in [1.29, 1.82) is 0 Å². The number of rotatable bonds is 44. The van der Waals surface area contributed by atoms with E-state index in [4.69, 9.17) is 10.5 Å². The van der Waals surface area contributed by atoms with Gasteiger partial charge in [-0.15, -0.1) is 0 Å². The van der Waals surface area contributed by atoms with Crippen LogP contribution < -0.4 is 11.1 Å². The molecule has 2 atom stereocenters. The Balaban J connectivity index is 4.31. The zero-order valence-corrected chi connectivity index (χ0v) is 36.5. The van der Waals surface area contributed by atoms with E-state index in [1.165, 1.54) is 154 Å². The van der Waals surface area contributed by atoms with Gasteiger partial charge in [-0.25, -0.2) is 4.79 Å². The second-order valence-electron chi connectivity index (χ2n) is 16.5. The number of carbonyl (C=O) groups excluding carboxylic acids is 2. The van der Waals surface area contributed by atoms with Crippen molar-refractivity contribution >= 4 is 17.8 Å². The fraction of sp³-hybridized carbons (Fsp3) is 0.896. The molecule has 0 aromatic carbocycles. The van der Waals surface area contributed by atoms with Gasteiger partial charge in [-0.3, -0.25) is 9.59 Å². The van der Waals surface area contributed by atoms with Crippen molar-refractivity contribution in [3.05, 3.63) is 12.2 Å². The van der Waals surface area contributed by atoms with E-state index >= 15 is 0 Å². The van der Waals surface area contributed by atoms with Gasteiger partial charge in [-0.1, -0.05) is 180 Å². The Hall–Kier alpha value is -1.89. The van der Waals surface area contributed by atoms with Crippen LogP contribution in [0.4, 0.5) is 0 Å². The maximum atomic E-state index is 12.8. The smallest absolute Gasteiger partial charge is 0.326 e. The fourth-order valence-corrected chi connectivity index (χ4v) is 7.45. The molecule has 0 aliphatic heterocycles. The predicted molar refractivity (Wildman–Crippen MR) is 234 cm³/mol. The first-order chi connectivity index (χ1) is 26.9. The van der Waals surface area contributed by atoms with Crippen LogP contribution in [-0.4, -0.2) is 41.6 Å². The quantitative estimate of drug-likeness (QED) is 0.0322. The monoisotopic (exact) mass is 777 g/mol. The Labute approximate surface area is 340 Å². The average molecular weight is 777 g/mol. The summed E-state index contributed by atoms with van der Waals surface area (Å²) in [4.78, 5) is 36.5. The number of hydrogen-bond donors (Lipinski definition) is 3. The third-order valence-corrected chi connectivity index (χ3v) is 11.1. The van der Waals surface area contributed by atoms with Crippen LogP contribution in [0.3, 0.4) is 0 Å². The lowest BCUT2D eigenvalue weighted by Gasteiger charge is -2.18. The molecule has 0 fully saturated rings. The Morgan fingerprint density at radius 2 is 0.891 bits per heavy atom. The van der Waals surface area contributed by atoms with E-state index in [9.17, 15) is 19.5 Å². The number of carboxylic acid groups (broad SMARTS) is 1. The van der Waals surface area contributed by atoms with Gasteiger partial charge in [0.05, 0.1) is 0 Å². The van der Waals surface area contributed by atoms with Crippen LogP contribution in [0.15, 0.2) is 12.2 Å². The number of unbranched alkanes of at least 4 members (excludes halogenated alkanes) is 28. The maximum Gasteiger partial charge on any atom is 0.326 e. The summed E-state index contributed by atoms with van der Waals surface area (Å²) >= 11 is 0. The second-order valence-corrected chi connectivity index (χ2v) is 16.5. The summed E-state index contributed by atoms with van der Waals surface area (Å²) in [7, 11) is 0. The number of amides is 1. The summed E-state index contributed by atoms with van der Waals surface area (Å²) in [6.45, 7) is 4.96. The largest absolute Gasteiger partial charge is 0.480 e. The Morgan fingerprint density at radius 3 is 1.31 bits per heavy atom. The van der Waals surface area contributed by atoms with Crippen molar-refractivity contribution in [2.75, 3.05) is 6.54 Å². The van der Waals surface area contributed by atoms with Gasteiger partial charge in [0.15, 0.2) is 0 Å². The van der Waals surface area contributed by atoms with Gasteiger partial charge >= 0.3 is 11.9 Å². The van der Waals surface area contributed by atoms with Crippen molar-refractivity contribution in [1.82, 2.24) is 5.32 Å². The summed E-state index contributed by atoms with van der Waals surface area (Å²) in [5.74, 6) is -1.22. The molecular formula is C48H92N2O5. The summed E-state index contributed by atoms with van der Waals surface area (Å²) < 4.78 is 6.07. The van der Waals surface area contributed by atoms with E-state index in [-0.39, 0.29) is 18.0 Å². The molecule has 55 heavy (non-hydrogen) atoms. The van der Waals surface area contributed by atoms with Crippen LogP contribution in [-0.2, 0) is 19.1 Å². The lowest BCUT2D eigenvalue weighted by atomic mass is 10.0. The number of ether oxygens (including phenoxy) is 1. The molecule has 0 aromatic heterocycles. The molecule has 0 heterocycles. The van der Waals surface area contributed by atoms with Crippen LogP contribution in [0.1, 0.15) is 258 Å². The van der Waals surface area contributed by atoms with E-state index in [1.807, 2.05) is 0 Å². The molecule has 0 aliphatic carbocycles. The third kappa shape index (κ3) is 40.1. The molecule has 0 saturated heterocycles.